The number of rotatable bonds is 5. The van der Waals surface area contributed by atoms with Crippen LogP contribution in [0.15, 0.2) is 18.2 Å². The van der Waals surface area contributed by atoms with Crippen molar-refractivity contribution >= 4 is 17.5 Å². The van der Waals surface area contributed by atoms with Gasteiger partial charge in [-0.3, -0.25) is 9.59 Å². The van der Waals surface area contributed by atoms with Gasteiger partial charge in [-0.15, -0.1) is 0 Å². The Morgan fingerprint density at radius 3 is 2.81 bits per heavy atom. The average Bonchev–Trinajstić information content (AvgIpc) is 2.91. The molecule has 6 heteroatoms. The molecule has 0 bridgehead atoms. The van der Waals surface area contributed by atoms with Crippen molar-refractivity contribution in [3.05, 3.63) is 29.6 Å². The number of hydrogen-bond acceptors (Lipinski definition) is 3. The van der Waals surface area contributed by atoms with Gasteiger partial charge in [-0.2, -0.15) is 0 Å². The van der Waals surface area contributed by atoms with E-state index in [1.807, 2.05) is 6.92 Å². The molecule has 1 fully saturated rings. The molecule has 21 heavy (non-hydrogen) atoms. The summed E-state index contributed by atoms with van der Waals surface area (Å²) in [5, 5.41) is 6.02. The lowest BCUT2D eigenvalue weighted by atomic mass is 9.90. The zero-order chi connectivity index (χ0) is 15.5. The number of nitrogens with two attached hydrogens (primary N) is 1. The maximum Gasteiger partial charge on any atom is 0.251 e. The van der Waals surface area contributed by atoms with Crippen LogP contribution in [0, 0.1) is 5.82 Å². The lowest BCUT2D eigenvalue weighted by Gasteiger charge is -2.27. The summed E-state index contributed by atoms with van der Waals surface area (Å²) in [6.45, 7) is 2.83. The van der Waals surface area contributed by atoms with Crippen molar-refractivity contribution in [1.82, 2.24) is 5.32 Å². The lowest BCUT2D eigenvalue weighted by molar-refractivity contribution is -0.122. The van der Waals surface area contributed by atoms with Gasteiger partial charge in [0, 0.05) is 5.69 Å². The smallest absolute Gasteiger partial charge is 0.251 e. The number of anilines is 1. The molecule has 4 N–H and O–H groups in total. The molecular formula is C15H20FN3O2. The van der Waals surface area contributed by atoms with Gasteiger partial charge in [0.15, 0.2) is 0 Å². The Hall–Kier alpha value is -1.95. The second-order valence-electron chi connectivity index (χ2n) is 5.38. The molecule has 1 saturated heterocycles. The summed E-state index contributed by atoms with van der Waals surface area (Å²) >= 11 is 0. The molecule has 1 aromatic carbocycles. The molecule has 1 aliphatic rings. The quantitative estimate of drug-likeness (QED) is 0.773. The van der Waals surface area contributed by atoms with Crippen LogP contribution in [0.3, 0.4) is 0 Å². The van der Waals surface area contributed by atoms with Crippen LogP contribution >= 0.6 is 0 Å². The van der Waals surface area contributed by atoms with E-state index in [-0.39, 0.29) is 11.5 Å². The number of benzene rings is 1. The second-order valence-corrected chi connectivity index (χ2v) is 5.38. The summed E-state index contributed by atoms with van der Waals surface area (Å²) in [6, 6.07) is 3.82. The normalized spacial score (nSPS) is 21.2. The van der Waals surface area contributed by atoms with Crippen molar-refractivity contribution < 1.29 is 14.0 Å². The summed E-state index contributed by atoms with van der Waals surface area (Å²) in [5.41, 5.74) is 4.68. The number of carbonyl (C=O) groups excluding carboxylic acids is 2. The number of carbonyl (C=O) groups is 2. The molecule has 0 aliphatic carbocycles. The van der Waals surface area contributed by atoms with Crippen LogP contribution in [0.4, 0.5) is 10.1 Å². The fraction of sp³-hybridized carbons (Fsp3) is 0.467. The van der Waals surface area contributed by atoms with E-state index in [0.29, 0.717) is 5.69 Å². The van der Waals surface area contributed by atoms with Gasteiger partial charge in [-0.1, -0.05) is 13.3 Å². The molecular weight excluding hydrogens is 273 g/mol. The Morgan fingerprint density at radius 1 is 1.48 bits per heavy atom. The first kappa shape index (κ1) is 15.4. The van der Waals surface area contributed by atoms with Crippen LogP contribution in [0.25, 0.3) is 0 Å². The molecule has 0 spiro atoms. The van der Waals surface area contributed by atoms with E-state index in [2.05, 4.69) is 10.6 Å². The summed E-state index contributed by atoms with van der Waals surface area (Å²) in [4.78, 5) is 23.6. The molecule has 1 aromatic rings. The number of nitrogens with one attached hydrogen (secondary N) is 2. The predicted octanol–water partition coefficient (Wildman–Crippen LogP) is 1.79. The van der Waals surface area contributed by atoms with E-state index in [0.717, 1.165) is 38.3 Å². The first-order chi connectivity index (χ1) is 9.98. The molecule has 114 valence electrons. The SMILES string of the molecule is CCCC1(C(=O)Nc2ccc(F)c(C(N)=O)c2)CCCN1. The number of halogens is 1. The summed E-state index contributed by atoms with van der Waals surface area (Å²) in [7, 11) is 0. The highest BCUT2D eigenvalue weighted by Gasteiger charge is 2.39. The van der Waals surface area contributed by atoms with E-state index < -0.39 is 17.3 Å². The van der Waals surface area contributed by atoms with Gasteiger partial charge in [-0.25, -0.2) is 4.39 Å². The van der Waals surface area contributed by atoms with E-state index in [9.17, 15) is 14.0 Å². The monoisotopic (exact) mass is 293 g/mol. The molecule has 5 nitrogen and oxygen atoms in total. The van der Waals surface area contributed by atoms with Gasteiger partial charge in [0.1, 0.15) is 5.82 Å². The van der Waals surface area contributed by atoms with Crippen molar-refractivity contribution in [1.29, 1.82) is 0 Å². The zero-order valence-electron chi connectivity index (χ0n) is 12.0. The molecule has 0 radical (unpaired) electrons. The zero-order valence-corrected chi connectivity index (χ0v) is 12.0. The molecule has 1 heterocycles. The maximum atomic E-state index is 13.4. The summed E-state index contributed by atoms with van der Waals surface area (Å²) in [5.74, 6) is -1.70. The number of amides is 2. The molecule has 1 atom stereocenters. The maximum absolute atomic E-state index is 13.4. The minimum atomic E-state index is -0.856. The van der Waals surface area contributed by atoms with Gasteiger partial charge in [0.2, 0.25) is 5.91 Å². The Bertz CT molecular complexity index is 554. The van der Waals surface area contributed by atoms with E-state index in [1.165, 1.54) is 12.1 Å². The first-order valence-electron chi connectivity index (χ1n) is 7.14. The topological polar surface area (TPSA) is 84.2 Å². The molecule has 1 aliphatic heterocycles. The van der Waals surface area contributed by atoms with Gasteiger partial charge >= 0.3 is 0 Å². The van der Waals surface area contributed by atoms with Crippen molar-refractivity contribution in [2.75, 3.05) is 11.9 Å². The Balaban J connectivity index is 2.19. The highest BCUT2D eigenvalue weighted by Crippen LogP contribution is 2.27. The van der Waals surface area contributed by atoms with Gasteiger partial charge in [0.25, 0.3) is 5.91 Å². The van der Waals surface area contributed by atoms with Crippen molar-refractivity contribution in [2.24, 2.45) is 5.73 Å². The third-order valence-corrected chi connectivity index (χ3v) is 3.84. The fourth-order valence-corrected chi connectivity index (χ4v) is 2.80. The van der Waals surface area contributed by atoms with Crippen LogP contribution in [-0.2, 0) is 4.79 Å². The van der Waals surface area contributed by atoms with Crippen LogP contribution in [0.1, 0.15) is 43.0 Å². The lowest BCUT2D eigenvalue weighted by Crippen LogP contribution is -2.50. The van der Waals surface area contributed by atoms with E-state index in [1.54, 1.807) is 0 Å². The molecule has 2 rings (SSSR count). The second kappa shape index (κ2) is 6.22. The average molecular weight is 293 g/mol. The standard InChI is InChI=1S/C15H20FN3O2/c1-2-6-15(7-3-8-18-15)14(21)19-10-4-5-12(16)11(9-10)13(17)20/h4-5,9,18H,2-3,6-8H2,1H3,(H2,17,20)(H,19,21). The third-order valence-electron chi connectivity index (χ3n) is 3.84. The summed E-state index contributed by atoms with van der Waals surface area (Å²) in [6.07, 6.45) is 3.35. The number of primary amides is 1. The predicted molar refractivity (Wildman–Crippen MR) is 78.4 cm³/mol. The Labute approximate surface area is 123 Å². The molecule has 2 amide bonds. The van der Waals surface area contributed by atoms with Gasteiger partial charge in [0.05, 0.1) is 11.1 Å². The Morgan fingerprint density at radius 2 is 2.24 bits per heavy atom. The molecule has 1 unspecified atom stereocenters. The van der Waals surface area contributed by atoms with Gasteiger partial charge in [-0.05, 0) is 44.0 Å². The summed E-state index contributed by atoms with van der Waals surface area (Å²) < 4.78 is 13.4. The van der Waals surface area contributed by atoms with E-state index in [4.69, 9.17) is 5.73 Å². The highest BCUT2D eigenvalue weighted by atomic mass is 19.1. The Kier molecular flexibility index (Phi) is 4.57. The van der Waals surface area contributed by atoms with Crippen molar-refractivity contribution in [3.63, 3.8) is 0 Å². The minimum absolute atomic E-state index is 0.149. The van der Waals surface area contributed by atoms with Crippen LogP contribution in [0.2, 0.25) is 0 Å². The van der Waals surface area contributed by atoms with Crippen LogP contribution in [-0.4, -0.2) is 23.9 Å². The van der Waals surface area contributed by atoms with Crippen LogP contribution in [0.5, 0.6) is 0 Å². The third kappa shape index (κ3) is 3.21. The fourth-order valence-electron chi connectivity index (χ4n) is 2.80. The molecule has 0 aromatic heterocycles. The van der Waals surface area contributed by atoms with Crippen LogP contribution < -0.4 is 16.4 Å². The van der Waals surface area contributed by atoms with Crippen molar-refractivity contribution in [2.45, 2.75) is 38.1 Å². The van der Waals surface area contributed by atoms with E-state index >= 15 is 0 Å². The van der Waals surface area contributed by atoms with Gasteiger partial charge < -0.3 is 16.4 Å². The first-order valence-corrected chi connectivity index (χ1v) is 7.14. The molecule has 0 saturated carbocycles. The minimum Gasteiger partial charge on any atom is -0.366 e. The van der Waals surface area contributed by atoms with Crippen molar-refractivity contribution in [3.8, 4) is 0 Å². The number of hydrogen-bond donors (Lipinski definition) is 3. The highest BCUT2D eigenvalue weighted by molar-refractivity contribution is 6.00. The largest absolute Gasteiger partial charge is 0.366 e.